The second-order valence-electron chi connectivity index (χ2n) is 8.37. The molecule has 0 aliphatic heterocycles. The molecule has 0 unspecified atom stereocenters. The van der Waals surface area contributed by atoms with Crippen LogP contribution in [0.5, 0.6) is 0 Å². The van der Waals surface area contributed by atoms with Gasteiger partial charge in [0, 0.05) is 29.2 Å². The Balaban J connectivity index is 1.34. The molecule has 0 spiro atoms. The standard InChI is InChI=1S/C29H25N3O3/c33-28(31-24-15-14-21-10-4-5-11-22(21)16-24)27(17-23-18-30-26-13-7-6-12-25(23)26)32-29(34)35-19-20-8-2-1-3-9-20/h1-16,18,27,30H,17,19H2,(H,31,33)(H,32,34)/t27-/m0/s1. The van der Waals surface area contributed by atoms with Gasteiger partial charge in [0.1, 0.15) is 12.6 Å². The predicted octanol–water partition coefficient (Wildman–Crippen LogP) is 5.80. The third-order valence-corrected chi connectivity index (χ3v) is 5.94. The van der Waals surface area contributed by atoms with Gasteiger partial charge in [-0.05, 0) is 40.1 Å². The fourth-order valence-electron chi connectivity index (χ4n) is 4.13. The second-order valence-corrected chi connectivity index (χ2v) is 8.37. The molecule has 174 valence electrons. The molecule has 4 aromatic carbocycles. The summed E-state index contributed by atoms with van der Waals surface area (Å²) in [6.45, 7) is 0.124. The number of carbonyl (C=O) groups excluding carboxylic acids is 2. The highest BCUT2D eigenvalue weighted by molar-refractivity contribution is 5.99. The lowest BCUT2D eigenvalue weighted by Crippen LogP contribution is -2.45. The SMILES string of the molecule is O=C(N[C@@H](Cc1c[nH]c2ccccc12)C(=O)Nc1ccc2ccccc2c1)OCc1ccccc1. The van der Waals surface area contributed by atoms with Crippen LogP contribution >= 0.6 is 0 Å². The first-order chi connectivity index (χ1) is 17.2. The average Bonchev–Trinajstić information content (AvgIpc) is 3.30. The number of anilines is 1. The van der Waals surface area contributed by atoms with Crippen LogP contribution in [0.1, 0.15) is 11.1 Å². The van der Waals surface area contributed by atoms with Gasteiger partial charge in [-0.25, -0.2) is 4.79 Å². The number of ether oxygens (including phenoxy) is 1. The summed E-state index contributed by atoms with van der Waals surface area (Å²) < 4.78 is 5.39. The van der Waals surface area contributed by atoms with E-state index >= 15 is 0 Å². The fourth-order valence-corrected chi connectivity index (χ4v) is 4.13. The van der Waals surface area contributed by atoms with E-state index in [-0.39, 0.29) is 12.5 Å². The lowest BCUT2D eigenvalue weighted by atomic mass is 10.0. The van der Waals surface area contributed by atoms with Crippen LogP contribution in [-0.4, -0.2) is 23.0 Å². The molecule has 0 aliphatic rings. The Bertz CT molecular complexity index is 1480. The highest BCUT2D eigenvalue weighted by Gasteiger charge is 2.23. The number of para-hydroxylation sites is 1. The van der Waals surface area contributed by atoms with E-state index in [1.165, 1.54) is 0 Å². The molecule has 35 heavy (non-hydrogen) atoms. The Morgan fingerprint density at radius 1 is 0.829 bits per heavy atom. The summed E-state index contributed by atoms with van der Waals surface area (Å²) in [7, 11) is 0. The van der Waals surface area contributed by atoms with Gasteiger partial charge in [-0.3, -0.25) is 4.79 Å². The molecule has 1 heterocycles. The normalized spacial score (nSPS) is 11.8. The lowest BCUT2D eigenvalue weighted by molar-refractivity contribution is -0.118. The molecule has 5 rings (SSSR count). The van der Waals surface area contributed by atoms with Gasteiger partial charge in [-0.15, -0.1) is 0 Å². The third kappa shape index (κ3) is 5.33. The highest BCUT2D eigenvalue weighted by Crippen LogP contribution is 2.21. The molecular weight excluding hydrogens is 438 g/mol. The molecule has 3 N–H and O–H groups in total. The minimum atomic E-state index is -0.830. The highest BCUT2D eigenvalue weighted by atomic mass is 16.5. The number of carbonyl (C=O) groups is 2. The minimum Gasteiger partial charge on any atom is -0.445 e. The van der Waals surface area contributed by atoms with Crippen LogP contribution in [0.25, 0.3) is 21.7 Å². The number of hydrogen-bond donors (Lipinski definition) is 3. The third-order valence-electron chi connectivity index (χ3n) is 5.94. The van der Waals surface area contributed by atoms with Crippen molar-refractivity contribution in [1.29, 1.82) is 0 Å². The number of rotatable bonds is 7. The fraction of sp³-hybridized carbons (Fsp3) is 0.103. The number of benzene rings is 4. The number of nitrogens with one attached hydrogen (secondary N) is 3. The van der Waals surface area contributed by atoms with Gasteiger partial charge in [0.15, 0.2) is 0 Å². The maximum Gasteiger partial charge on any atom is 0.408 e. The molecule has 0 radical (unpaired) electrons. The van der Waals surface area contributed by atoms with Crippen molar-refractivity contribution in [2.45, 2.75) is 19.1 Å². The Morgan fingerprint density at radius 2 is 1.57 bits per heavy atom. The first-order valence-electron chi connectivity index (χ1n) is 11.5. The molecule has 0 bridgehead atoms. The van der Waals surface area contributed by atoms with Gasteiger partial charge >= 0.3 is 6.09 Å². The van der Waals surface area contributed by atoms with Crippen LogP contribution < -0.4 is 10.6 Å². The largest absolute Gasteiger partial charge is 0.445 e. The van der Waals surface area contributed by atoms with Gasteiger partial charge in [-0.1, -0.05) is 78.9 Å². The molecule has 0 fully saturated rings. The molecule has 1 aromatic heterocycles. The number of aromatic nitrogens is 1. The Morgan fingerprint density at radius 3 is 2.43 bits per heavy atom. The van der Waals surface area contributed by atoms with Gasteiger partial charge in [0.05, 0.1) is 0 Å². The van der Waals surface area contributed by atoms with E-state index in [0.717, 1.165) is 32.8 Å². The second kappa shape index (κ2) is 10.1. The zero-order chi connectivity index (χ0) is 24.0. The smallest absolute Gasteiger partial charge is 0.408 e. The van der Waals surface area contributed by atoms with E-state index in [9.17, 15) is 9.59 Å². The van der Waals surface area contributed by atoms with Gasteiger partial charge in [0.2, 0.25) is 5.91 Å². The van der Waals surface area contributed by atoms with Gasteiger partial charge < -0.3 is 20.4 Å². The van der Waals surface area contributed by atoms with Crippen LogP contribution in [0.3, 0.4) is 0 Å². The Labute approximate surface area is 202 Å². The number of alkyl carbamates (subject to hydrolysis) is 1. The molecule has 0 saturated heterocycles. The van der Waals surface area contributed by atoms with Crippen LogP contribution in [-0.2, 0) is 22.6 Å². The van der Waals surface area contributed by atoms with E-state index in [2.05, 4.69) is 15.6 Å². The average molecular weight is 464 g/mol. The first-order valence-corrected chi connectivity index (χ1v) is 11.5. The quantitative estimate of drug-likeness (QED) is 0.285. The maximum atomic E-state index is 13.3. The van der Waals surface area contributed by atoms with Crippen molar-refractivity contribution < 1.29 is 14.3 Å². The molecule has 5 aromatic rings. The van der Waals surface area contributed by atoms with Crippen LogP contribution in [0, 0.1) is 0 Å². The lowest BCUT2D eigenvalue weighted by Gasteiger charge is -2.18. The Kier molecular flexibility index (Phi) is 6.44. The van der Waals surface area contributed by atoms with Crippen molar-refractivity contribution >= 4 is 39.4 Å². The van der Waals surface area contributed by atoms with Gasteiger partial charge in [-0.2, -0.15) is 0 Å². The zero-order valence-corrected chi connectivity index (χ0v) is 19.0. The number of H-pyrrole nitrogens is 1. The molecule has 1 atom stereocenters. The monoisotopic (exact) mass is 463 g/mol. The van der Waals surface area contributed by atoms with Crippen molar-refractivity contribution in [3.63, 3.8) is 0 Å². The van der Waals surface area contributed by atoms with Crippen LogP contribution in [0.4, 0.5) is 10.5 Å². The molecule has 0 saturated carbocycles. The summed E-state index contributed by atoms with van der Waals surface area (Å²) in [5.74, 6) is -0.317. The summed E-state index contributed by atoms with van der Waals surface area (Å²) >= 11 is 0. The number of amides is 2. The van der Waals surface area contributed by atoms with E-state index in [4.69, 9.17) is 4.74 Å². The first kappa shape index (κ1) is 22.2. The van der Waals surface area contributed by atoms with Crippen LogP contribution in [0.15, 0.2) is 103 Å². The van der Waals surface area contributed by atoms with Crippen molar-refractivity contribution in [3.8, 4) is 0 Å². The summed E-state index contributed by atoms with van der Waals surface area (Å²) in [4.78, 5) is 29.2. The number of fused-ring (bicyclic) bond motifs is 2. The van der Waals surface area contributed by atoms with Crippen LogP contribution in [0.2, 0.25) is 0 Å². The van der Waals surface area contributed by atoms with E-state index in [1.54, 1.807) is 0 Å². The minimum absolute atomic E-state index is 0.124. The number of aromatic amines is 1. The van der Waals surface area contributed by atoms with E-state index < -0.39 is 12.1 Å². The molecular formula is C29H25N3O3. The van der Waals surface area contributed by atoms with Gasteiger partial charge in [0.25, 0.3) is 0 Å². The molecule has 0 aliphatic carbocycles. The predicted molar refractivity (Wildman–Crippen MR) is 138 cm³/mol. The molecule has 2 amide bonds. The molecule has 6 nitrogen and oxygen atoms in total. The number of hydrogen-bond acceptors (Lipinski definition) is 3. The zero-order valence-electron chi connectivity index (χ0n) is 19.0. The van der Waals surface area contributed by atoms with Crippen molar-refractivity contribution in [2.24, 2.45) is 0 Å². The molecule has 6 heteroatoms. The van der Waals surface area contributed by atoms with Crippen molar-refractivity contribution in [3.05, 3.63) is 114 Å². The maximum absolute atomic E-state index is 13.3. The van der Waals surface area contributed by atoms with E-state index in [1.807, 2.05) is 103 Å². The van der Waals surface area contributed by atoms with E-state index in [0.29, 0.717) is 12.1 Å². The van der Waals surface area contributed by atoms with Crippen molar-refractivity contribution in [1.82, 2.24) is 10.3 Å². The summed E-state index contributed by atoms with van der Waals surface area (Å²) in [5, 5.41) is 8.83. The van der Waals surface area contributed by atoms with Crippen molar-refractivity contribution in [2.75, 3.05) is 5.32 Å². The summed E-state index contributed by atoms with van der Waals surface area (Å²) in [6, 6.07) is 30.1. The topological polar surface area (TPSA) is 83.2 Å². The summed E-state index contributed by atoms with van der Waals surface area (Å²) in [6.07, 6.45) is 1.54. The Hall–Kier alpha value is -4.58. The summed E-state index contributed by atoms with van der Waals surface area (Å²) in [5.41, 5.74) is 3.44.